The molecule has 1 saturated carbocycles. The topological polar surface area (TPSA) is 100 Å². The number of hydrogen-bond acceptors (Lipinski definition) is 8. The van der Waals surface area contributed by atoms with Crippen LogP contribution in [-0.4, -0.2) is 55.6 Å². The van der Waals surface area contributed by atoms with Crippen molar-refractivity contribution in [2.45, 2.75) is 31.2 Å². The van der Waals surface area contributed by atoms with Crippen LogP contribution in [0.4, 0.5) is 19.0 Å². The second-order valence-corrected chi connectivity index (χ2v) is 9.14. The molecule has 0 aromatic carbocycles. The zero-order chi connectivity index (χ0) is 25.9. The van der Waals surface area contributed by atoms with Gasteiger partial charge in [0.2, 0.25) is 11.7 Å². The van der Waals surface area contributed by atoms with Crippen molar-refractivity contribution < 1.29 is 22.6 Å². The molecule has 0 bridgehead atoms. The van der Waals surface area contributed by atoms with Gasteiger partial charge in [0.05, 0.1) is 44.0 Å². The van der Waals surface area contributed by atoms with Gasteiger partial charge in [-0.15, -0.1) is 0 Å². The third kappa shape index (κ3) is 4.23. The Hall–Kier alpha value is -4.16. The molecular formula is C24H22F3N7O3. The third-order valence-electron chi connectivity index (χ3n) is 6.50. The third-order valence-corrected chi connectivity index (χ3v) is 6.50. The molecule has 4 aromatic heterocycles. The summed E-state index contributed by atoms with van der Waals surface area (Å²) in [6.45, 7) is 0.976. The van der Waals surface area contributed by atoms with Gasteiger partial charge in [-0.2, -0.15) is 18.3 Å². The molecule has 10 nitrogen and oxygen atoms in total. The number of anilines is 1. The maximum absolute atomic E-state index is 13.6. The van der Waals surface area contributed by atoms with Crippen molar-refractivity contribution in [1.29, 1.82) is 0 Å². The first kappa shape index (κ1) is 23.3. The molecule has 0 unspecified atom stereocenters. The minimum atomic E-state index is -4.81. The lowest BCUT2D eigenvalue weighted by atomic mass is 10.1. The zero-order valence-corrected chi connectivity index (χ0v) is 19.9. The van der Waals surface area contributed by atoms with E-state index in [4.69, 9.17) is 9.47 Å². The van der Waals surface area contributed by atoms with Gasteiger partial charge < -0.3 is 14.4 Å². The number of ether oxygens (including phenoxy) is 2. The van der Waals surface area contributed by atoms with Crippen LogP contribution in [0.15, 0.2) is 41.6 Å². The van der Waals surface area contributed by atoms with Crippen molar-refractivity contribution in [3.8, 4) is 22.9 Å². The summed E-state index contributed by atoms with van der Waals surface area (Å²) in [6.07, 6.45) is 2.32. The Bertz CT molecular complexity index is 1540. The number of pyridine rings is 2. The Balaban J connectivity index is 1.36. The average molecular weight is 513 g/mol. The molecule has 4 aromatic rings. The van der Waals surface area contributed by atoms with Crippen LogP contribution in [-0.2, 0) is 13.2 Å². The minimum Gasteiger partial charge on any atom is -0.483 e. The summed E-state index contributed by atoms with van der Waals surface area (Å²) in [5.41, 5.74) is -0.431. The lowest BCUT2D eigenvalue weighted by Gasteiger charge is -2.39. The van der Waals surface area contributed by atoms with Crippen LogP contribution in [0.1, 0.15) is 24.7 Å². The van der Waals surface area contributed by atoms with Gasteiger partial charge in [-0.1, -0.05) is 0 Å². The molecule has 0 radical (unpaired) electrons. The molecule has 2 fully saturated rings. The standard InChI is InChI=1S/C24H22F3N7O3/c1-32-22(35)17-7-18(33-10-16(11-33)37-15-9-29-34(12-15)14-4-5-14)30-20(13-3-6-19(36-2)28-8-13)21(17)31-23(32)24(25,26)27/h3,6-9,12,14,16H,4-5,10-11H2,1-2H3. The van der Waals surface area contributed by atoms with Crippen molar-refractivity contribution >= 4 is 16.7 Å². The fourth-order valence-electron chi connectivity index (χ4n) is 4.33. The van der Waals surface area contributed by atoms with Crippen LogP contribution in [0.3, 0.4) is 0 Å². The molecule has 1 aliphatic carbocycles. The minimum absolute atomic E-state index is 0.0291. The van der Waals surface area contributed by atoms with E-state index in [1.165, 1.54) is 19.4 Å². The van der Waals surface area contributed by atoms with Gasteiger partial charge in [-0.05, 0) is 25.0 Å². The highest BCUT2D eigenvalue weighted by Crippen LogP contribution is 2.36. The molecule has 0 N–H and O–H groups in total. The summed E-state index contributed by atoms with van der Waals surface area (Å²) < 4.78 is 54.4. The van der Waals surface area contributed by atoms with E-state index >= 15 is 0 Å². The first-order chi connectivity index (χ1) is 17.7. The molecule has 0 spiro atoms. The van der Waals surface area contributed by atoms with Crippen molar-refractivity contribution in [1.82, 2.24) is 29.3 Å². The highest BCUT2D eigenvalue weighted by atomic mass is 19.4. The average Bonchev–Trinajstić information content (AvgIpc) is 3.60. The highest BCUT2D eigenvalue weighted by molar-refractivity contribution is 5.93. The molecule has 13 heteroatoms. The molecule has 1 saturated heterocycles. The van der Waals surface area contributed by atoms with Gasteiger partial charge in [0.15, 0.2) is 5.75 Å². The monoisotopic (exact) mass is 513 g/mol. The molecule has 1 aliphatic heterocycles. The SMILES string of the molecule is COc1ccc(-c2nc(N3CC(Oc4cnn(C5CC5)c4)C3)cc3c(=O)n(C)c(C(F)(F)F)nc23)cn1. The van der Waals surface area contributed by atoms with Crippen LogP contribution >= 0.6 is 0 Å². The molecule has 2 aliphatic rings. The van der Waals surface area contributed by atoms with Crippen LogP contribution in [0.25, 0.3) is 22.2 Å². The summed E-state index contributed by atoms with van der Waals surface area (Å²) in [4.78, 5) is 27.5. The van der Waals surface area contributed by atoms with E-state index < -0.39 is 17.6 Å². The number of hydrogen-bond donors (Lipinski definition) is 0. The van der Waals surface area contributed by atoms with Crippen molar-refractivity contribution in [3.05, 3.63) is 53.0 Å². The first-order valence-electron chi connectivity index (χ1n) is 11.7. The van der Waals surface area contributed by atoms with Crippen molar-refractivity contribution in [2.24, 2.45) is 7.05 Å². The van der Waals surface area contributed by atoms with Crippen molar-refractivity contribution in [2.75, 3.05) is 25.1 Å². The van der Waals surface area contributed by atoms with E-state index in [0.717, 1.165) is 19.9 Å². The summed E-state index contributed by atoms with van der Waals surface area (Å²) in [7, 11) is 2.51. The lowest BCUT2D eigenvalue weighted by Crippen LogP contribution is -2.54. The predicted octanol–water partition coefficient (Wildman–Crippen LogP) is 3.22. The highest BCUT2D eigenvalue weighted by Gasteiger charge is 2.37. The number of fused-ring (bicyclic) bond motifs is 1. The van der Waals surface area contributed by atoms with Gasteiger partial charge in [0.1, 0.15) is 23.1 Å². The Morgan fingerprint density at radius 3 is 2.54 bits per heavy atom. The number of nitrogens with zero attached hydrogens (tertiary/aromatic N) is 7. The van der Waals surface area contributed by atoms with Crippen LogP contribution in [0.2, 0.25) is 0 Å². The number of aromatic nitrogens is 6. The van der Waals surface area contributed by atoms with Gasteiger partial charge in [-0.3, -0.25) is 14.0 Å². The van der Waals surface area contributed by atoms with E-state index in [-0.39, 0.29) is 22.7 Å². The second kappa shape index (κ2) is 8.46. The first-order valence-corrected chi connectivity index (χ1v) is 11.7. The Morgan fingerprint density at radius 1 is 1.11 bits per heavy atom. The molecule has 5 heterocycles. The van der Waals surface area contributed by atoms with Crippen LogP contribution < -0.4 is 19.9 Å². The molecule has 0 amide bonds. The van der Waals surface area contributed by atoms with E-state index in [1.54, 1.807) is 18.3 Å². The van der Waals surface area contributed by atoms with Crippen LogP contribution in [0.5, 0.6) is 11.6 Å². The molecule has 6 rings (SSSR count). The smallest absolute Gasteiger partial charge is 0.449 e. The normalized spacial score (nSPS) is 16.2. The summed E-state index contributed by atoms with van der Waals surface area (Å²) in [5.74, 6) is 0.152. The maximum Gasteiger partial charge on any atom is 0.449 e. The number of halogens is 3. The number of methoxy groups -OCH3 is 1. The van der Waals surface area contributed by atoms with Crippen LogP contribution in [0, 0.1) is 0 Å². The molecular weight excluding hydrogens is 491 g/mol. The Morgan fingerprint density at radius 2 is 1.89 bits per heavy atom. The van der Waals surface area contributed by atoms with E-state index in [2.05, 4.69) is 20.1 Å². The summed E-state index contributed by atoms with van der Waals surface area (Å²) in [5, 5.41) is 4.36. The predicted molar refractivity (Wildman–Crippen MR) is 127 cm³/mol. The summed E-state index contributed by atoms with van der Waals surface area (Å²) >= 11 is 0. The molecule has 37 heavy (non-hydrogen) atoms. The molecule has 0 atom stereocenters. The van der Waals surface area contributed by atoms with E-state index in [1.807, 2.05) is 15.8 Å². The van der Waals surface area contributed by atoms with Gasteiger partial charge in [0.25, 0.3) is 5.56 Å². The fraction of sp³-hybridized carbons (Fsp3) is 0.375. The Kier molecular flexibility index (Phi) is 5.31. The van der Waals surface area contributed by atoms with Crippen molar-refractivity contribution in [3.63, 3.8) is 0 Å². The van der Waals surface area contributed by atoms with E-state index in [9.17, 15) is 18.0 Å². The fourth-order valence-corrected chi connectivity index (χ4v) is 4.33. The largest absolute Gasteiger partial charge is 0.483 e. The second-order valence-electron chi connectivity index (χ2n) is 9.14. The lowest BCUT2D eigenvalue weighted by molar-refractivity contribution is -0.147. The van der Waals surface area contributed by atoms with Gasteiger partial charge >= 0.3 is 6.18 Å². The number of rotatable bonds is 6. The Labute approximate surface area is 208 Å². The van der Waals surface area contributed by atoms with Gasteiger partial charge in [-0.25, -0.2) is 15.0 Å². The summed E-state index contributed by atoms with van der Waals surface area (Å²) in [6, 6.07) is 5.11. The zero-order valence-electron chi connectivity index (χ0n) is 19.9. The van der Waals surface area contributed by atoms with E-state index in [0.29, 0.717) is 46.7 Å². The van der Waals surface area contributed by atoms with Gasteiger partial charge in [0, 0.05) is 24.9 Å². The number of alkyl halides is 3. The molecule has 192 valence electrons. The quantitative estimate of drug-likeness (QED) is 0.388. The maximum atomic E-state index is 13.6.